The first-order chi connectivity index (χ1) is 11.1. The molecule has 1 heterocycles. The van der Waals surface area contributed by atoms with Crippen LogP contribution in [-0.2, 0) is 0 Å². The van der Waals surface area contributed by atoms with E-state index in [9.17, 15) is 13.6 Å². The first-order valence-electron chi connectivity index (χ1n) is 6.46. The fourth-order valence-electron chi connectivity index (χ4n) is 1.68. The normalized spacial score (nSPS) is 10.8. The van der Waals surface area contributed by atoms with Crippen LogP contribution in [0.4, 0.5) is 8.78 Å². The Kier molecular flexibility index (Phi) is 5.56. The summed E-state index contributed by atoms with van der Waals surface area (Å²) in [6.45, 7) is -2.94. The molecule has 0 aliphatic heterocycles. The maximum atomic E-state index is 12.2. The Morgan fingerprint density at radius 1 is 1.35 bits per heavy atom. The number of hydrogen-bond donors (Lipinski definition) is 1. The van der Waals surface area contributed by atoms with Gasteiger partial charge < -0.3 is 9.47 Å². The van der Waals surface area contributed by atoms with E-state index in [4.69, 9.17) is 4.74 Å². The van der Waals surface area contributed by atoms with Crippen molar-refractivity contribution >= 4 is 12.1 Å². The van der Waals surface area contributed by atoms with Gasteiger partial charge in [0, 0.05) is 12.4 Å². The van der Waals surface area contributed by atoms with Crippen molar-refractivity contribution in [2.75, 3.05) is 7.11 Å². The summed E-state index contributed by atoms with van der Waals surface area (Å²) in [5.74, 6) is -0.370. The smallest absolute Gasteiger partial charge is 0.387 e. The molecule has 0 saturated heterocycles. The van der Waals surface area contributed by atoms with Crippen LogP contribution in [-0.4, -0.2) is 30.8 Å². The van der Waals surface area contributed by atoms with Gasteiger partial charge in [-0.2, -0.15) is 13.9 Å². The van der Waals surface area contributed by atoms with Crippen LogP contribution in [0.15, 0.2) is 47.8 Å². The van der Waals surface area contributed by atoms with Gasteiger partial charge in [-0.1, -0.05) is 0 Å². The molecule has 120 valence electrons. The zero-order valence-electron chi connectivity index (χ0n) is 12.1. The molecule has 1 aromatic heterocycles. The first kappa shape index (κ1) is 16.3. The second-order valence-electron chi connectivity index (χ2n) is 4.23. The zero-order valence-corrected chi connectivity index (χ0v) is 12.1. The average molecular weight is 321 g/mol. The van der Waals surface area contributed by atoms with Crippen LogP contribution in [0.5, 0.6) is 11.5 Å². The molecule has 0 unspecified atom stereocenters. The molecule has 23 heavy (non-hydrogen) atoms. The van der Waals surface area contributed by atoms with Crippen LogP contribution in [0.1, 0.15) is 15.9 Å². The maximum Gasteiger partial charge on any atom is 0.387 e. The molecule has 0 spiro atoms. The van der Waals surface area contributed by atoms with Crippen LogP contribution in [0, 0.1) is 0 Å². The molecule has 8 heteroatoms. The van der Waals surface area contributed by atoms with Gasteiger partial charge in [0.1, 0.15) is 0 Å². The van der Waals surface area contributed by atoms with E-state index in [2.05, 4.69) is 20.2 Å². The molecule has 0 bridgehead atoms. The molecular formula is C15H13F2N3O3. The van der Waals surface area contributed by atoms with Gasteiger partial charge in [-0.3, -0.25) is 9.78 Å². The monoisotopic (exact) mass is 321 g/mol. The summed E-state index contributed by atoms with van der Waals surface area (Å²) in [5, 5.41) is 3.79. The quantitative estimate of drug-likeness (QED) is 0.655. The van der Waals surface area contributed by atoms with Crippen molar-refractivity contribution in [1.29, 1.82) is 0 Å². The predicted molar refractivity (Wildman–Crippen MR) is 78.9 cm³/mol. The molecular weight excluding hydrogens is 308 g/mol. The molecule has 0 aliphatic rings. The van der Waals surface area contributed by atoms with Crippen molar-refractivity contribution in [1.82, 2.24) is 10.4 Å². The number of halogens is 2. The largest absolute Gasteiger partial charge is 0.493 e. The number of amides is 1. The molecule has 0 atom stereocenters. The van der Waals surface area contributed by atoms with E-state index in [1.54, 1.807) is 18.3 Å². The van der Waals surface area contributed by atoms with Gasteiger partial charge in [0.2, 0.25) is 0 Å². The summed E-state index contributed by atoms with van der Waals surface area (Å²) in [7, 11) is 1.33. The van der Waals surface area contributed by atoms with Crippen molar-refractivity contribution in [3.05, 3.63) is 53.9 Å². The number of hydrogen-bond acceptors (Lipinski definition) is 5. The van der Waals surface area contributed by atoms with Crippen molar-refractivity contribution < 1.29 is 23.0 Å². The highest BCUT2D eigenvalue weighted by atomic mass is 19.3. The Morgan fingerprint density at radius 2 is 2.17 bits per heavy atom. The van der Waals surface area contributed by atoms with Crippen molar-refractivity contribution in [2.45, 2.75) is 6.61 Å². The fourth-order valence-corrected chi connectivity index (χ4v) is 1.68. The maximum absolute atomic E-state index is 12.2. The topological polar surface area (TPSA) is 72.8 Å². The SMILES string of the molecule is COc1cc(/C=N/NC(=O)c2cccnc2)ccc1OC(F)F. The van der Waals surface area contributed by atoms with E-state index in [1.807, 2.05) is 0 Å². The minimum Gasteiger partial charge on any atom is -0.493 e. The molecule has 0 saturated carbocycles. The number of alkyl halides is 2. The van der Waals surface area contributed by atoms with Gasteiger partial charge in [-0.05, 0) is 35.9 Å². The van der Waals surface area contributed by atoms with Crippen LogP contribution in [0.3, 0.4) is 0 Å². The van der Waals surface area contributed by atoms with E-state index >= 15 is 0 Å². The minimum absolute atomic E-state index is 0.0842. The third-order valence-corrected chi connectivity index (χ3v) is 2.71. The second-order valence-corrected chi connectivity index (χ2v) is 4.23. The Labute approximate surface area is 130 Å². The Bertz CT molecular complexity index is 694. The number of rotatable bonds is 6. The third kappa shape index (κ3) is 4.73. The van der Waals surface area contributed by atoms with E-state index in [1.165, 1.54) is 37.7 Å². The predicted octanol–water partition coefficient (Wildman–Crippen LogP) is 2.46. The summed E-state index contributed by atoms with van der Waals surface area (Å²) < 4.78 is 33.7. The lowest BCUT2D eigenvalue weighted by molar-refractivity contribution is -0.0512. The van der Waals surface area contributed by atoms with Crippen LogP contribution in [0.25, 0.3) is 0 Å². The Hall–Kier alpha value is -3.03. The van der Waals surface area contributed by atoms with Gasteiger partial charge in [-0.15, -0.1) is 0 Å². The summed E-state index contributed by atoms with van der Waals surface area (Å²) in [6.07, 6.45) is 4.31. The number of methoxy groups -OCH3 is 1. The zero-order chi connectivity index (χ0) is 16.7. The lowest BCUT2D eigenvalue weighted by Gasteiger charge is -2.09. The van der Waals surface area contributed by atoms with Gasteiger partial charge >= 0.3 is 6.61 Å². The summed E-state index contributed by atoms with van der Waals surface area (Å²) in [6, 6.07) is 7.51. The molecule has 0 fully saturated rings. The molecule has 1 N–H and O–H groups in total. The molecule has 2 rings (SSSR count). The van der Waals surface area contributed by atoms with Crippen molar-refractivity contribution in [3.63, 3.8) is 0 Å². The Morgan fingerprint density at radius 3 is 2.83 bits per heavy atom. The van der Waals surface area contributed by atoms with Crippen molar-refractivity contribution in [2.24, 2.45) is 5.10 Å². The lowest BCUT2D eigenvalue weighted by Crippen LogP contribution is -2.17. The highest BCUT2D eigenvalue weighted by Gasteiger charge is 2.10. The number of pyridine rings is 1. The summed E-state index contributed by atoms with van der Waals surface area (Å²) in [5.41, 5.74) is 3.23. The number of benzene rings is 1. The van der Waals surface area contributed by atoms with E-state index in [-0.39, 0.29) is 11.5 Å². The highest BCUT2D eigenvalue weighted by Crippen LogP contribution is 2.28. The third-order valence-electron chi connectivity index (χ3n) is 2.71. The average Bonchev–Trinajstić information content (AvgIpc) is 2.56. The summed E-state index contributed by atoms with van der Waals surface area (Å²) in [4.78, 5) is 15.6. The minimum atomic E-state index is -2.94. The van der Waals surface area contributed by atoms with Crippen LogP contribution < -0.4 is 14.9 Å². The standard InChI is InChI=1S/C15H13F2N3O3/c1-22-13-7-10(4-5-12(13)23-15(16)17)8-19-20-14(21)11-3-2-6-18-9-11/h2-9,15H,1H3,(H,20,21)/b19-8+. The molecule has 2 aromatic rings. The van der Waals surface area contributed by atoms with Gasteiger partial charge in [0.25, 0.3) is 5.91 Å². The fraction of sp³-hybridized carbons (Fsp3) is 0.133. The van der Waals surface area contributed by atoms with E-state index in [0.717, 1.165) is 0 Å². The van der Waals surface area contributed by atoms with E-state index in [0.29, 0.717) is 11.1 Å². The first-order valence-corrected chi connectivity index (χ1v) is 6.46. The molecule has 0 aliphatic carbocycles. The number of carbonyl (C=O) groups is 1. The highest BCUT2D eigenvalue weighted by molar-refractivity contribution is 5.94. The van der Waals surface area contributed by atoms with Crippen LogP contribution in [0.2, 0.25) is 0 Å². The van der Waals surface area contributed by atoms with Gasteiger partial charge in [-0.25, -0.2) is 5.43 Å². The number of nitrogens with one attached hydrogen (secondary N) is 1. The number of nitrogens with zero attached hydrogens (tertiary/aromatic N) is 2. The van der Waals surface area contributed by atoms with Gasteiger partial charge in [0.15, 0.2) is 11.5 Å². The number of carbonyl (C=O) groups excluding carboxylic acids is 1. The van der Waals surface area contributed by atoms with Gasteiger partial charge in [0.05, 0.1) is 18.9 Å². The lowest BCUT2D eigenvalue weighted by atomic mass is 10.2. The molecule has 1 aromatic carbocycles. The number of ether oxygens (including phenoxy) is 2. The molecule has 1 amide bonds. The Balaban J connectivity index is 2.03. The number of hydrazone groups is 1. The van der Waals surface area contributed by atoms with Crippen LogP contribution >= 0.6 is 0 Å². The second kappa shape index (κ2) is 7.83. The summed E-state index contributed by atoms with van der Waals surface area (Å²) >= 11 is 0. The molecule has 0 radical (unpaired) electrons. The van der Waals surface area contributed by atoms with Crippen molar-refractivity contribution in [3.8, 4) is 11.5 Å². The number of aromatic nitrogens is 1. The van der Waals surface area contributed by atoms with E-state index < -0.39 is 12.5 Å². The molecule has 6 nitrogen and oxygen atoms in total.